The van der Waals surface area contributed by atoms with Crippen LogP contribution in [0, 0.1) is 5.82 Å². The van der Waals surface area contributed by atoms with Crippen LogP contribution in [0.15, 0.2) is 42.5 Å². The van der Waals surface area contributed by atoms with Gasteiger partial charge < -0.3 is 15.2 Å². The molecule has 3 rings (SSSR count). The minimum absolute atomic E-state index is 0.0180. The third kappa shape index (κ3) is 2.73. The topological polar surface area (TPSA) is 58.6 Å². The average molecular weight is 287 g/mol. The number of nitrogens with one attached hydrogen (secondary N) is 1. The lowest BCUT2D eigenvalue weighted by atomic mass is 9.97. The number of carbonyl (C=O) groups is 1. The highest BCUT2D eigenvalue weighted by atomic mass is 19.1. The molecular formula is C16H14FNO3. The molecule has 0 saturated heterocycles. The molecule has 0 unspecified atom stereocenters. The molecule has 0 spiro atoms. The minimum atomic E-state index is -0.747. The number of halogens is 1. The molecule has 108 valence electrons. The van der Waals surface area contributed by atoms with Crippen LogP contribution in [0.3, 0.4) is 0 Å². The normalized spacial score (nSPS) is 17.1. The Labute approximate surface area is 121 Å². The van der Waals surface area contributed by atoms with Crippen LogP contribution in [0.25, 0.3) is 0 Å². The zero-order chi connectivity index (χ0) is 14.8. The molecule has 1 amide bonds. The van der Waals surface area contributed by atoms with Crippen molar-refractivity contribution in [3.05, 3.63) is 59.4 Å². The van der Waals surface area contributed by atoms with Gasteiger partial charge in [-0.15, -0.1) is 0 Å². The molecule has 1 heterocycles. The number of fused-ring (bicyclic) bond motifs is 1. The average Bonchev–Trinajstić information content (AvgIpc) is 2.49. The van der Waals surface area contributed by atoms with Gasteiger partial charge in [-0.25, -0.2) is 4.39 Å². The lowest BCUT2D eigenvalue weighted by Gasteiger charge is -2.25. The second-order valence-corrected chi connectivity index (χ2v) is 4.85. The number of ether oxygens (including phenoxy) is 1. The zero-order valence-corrected chi connectivity index (χ0v) is 11.2. The fraction of sp³-hybridized carbons (Fsp3) is 0.188. The summed E-state index contributed by atoms with van der Waals surface area (Å²) in [6.07, 6.45) is 0.0104. The van der Waals surface area contributed by atoms with E-state index in [0.29, 0.717) is 6.61 Å². The van der Waals surface area contributed by atoms with Crippen LogP contribution in [0.2, 0.25) is 0 Å². The van der Waals surface area contributed by atoms with Gasteiger partial charge in [0.25, 0.3) is 5.91 Å². The van der Waals surface area contributed by atoms with Crippen LogP contribution < -0.4 is 5.32 Å². The van der Waals surface area contributed by atoms with Gasteiger partial charge in [0, 0.05) is 6.07 Å². The number of carbonyl (C=O) groups excluding carboxylic acids is 1. The maximum Gasteiger partial charge on any atom is 0.258 e. The van der Waals surface area contributed by atoms with Gasteiger partial charge in [-0.3, -0.25) is 4.79 Å². The van der Waals surface area contributed by atoms with Gasteiger partial charge >= 0.3 is 0 Å². The van der Waals surface area contributed by atoms with Crippen molar-refractivity contribution in [2.24, 2.45) is 0 Å². The summed E-state index contributed by atoms with van der Waals surface area (Å²) in [4.78, 5) is 12.3. The number of anilines is 1. The van der Waals surface area contributed by atoms with Crippen LogP contribution in [0.5, 0.6) is 5.75 Å². The van der Waals surface area contributed by atoms with Gasteiger partial charge in [-0.1, -0.05) is 24.3 Å². The summed E-state index contributed by atoms with van der Waals surface area (Å²) in [6.45, 7) is 0.452. The Morgan fingerprint density at radius 1 is 1.29 bits per heavy atom. The number of hydrogen-bond acceptors (Lipinski definition) is 3. The summed E-state index contributed by atoms with van der Waals surface area (Å²) < 4.78 is 19.2. The highest BCUT2D eigenvalue weighted by Crippen LogP contribution is 2.29. The van der Waals surface area contributed by atoms with Crippen molar-refractivity contribution in [1.82, 2.24) is 0 Å². The summed E-state index contributed by atoms with van der Waals surface area (Å²) in [7, 11) is 0. The number of benzene rings is 2. The Morgan fingerprint density at radius 2 is 2.10 bits per heavy atom. The van der Waals surface area contributed by atoms with Crippen LogP contribution >= 0.6 is 0 Å². The Morgan fingerprint density at radius 3 is 2.90 bits per heavy atom. The first kappa shape index (κ1) is 13.6. The van der Waals surface area contributed by atoms with Crippen molar-refractivity contribution in [2.45, 2.75) is 12.5 Å². The van der Waals surface area contributed by atoms with Crippen molar-refractivity contribution >= 4 is 11.6 Å². The van der Waals surface area contributed by atoms with Crippen LogP contribution in [0.1, 0.15) is 17.2 Å². The first-order valence-electron chi connectivity index (χ1n) is 6.64. The smallest absolute Gasteiger partial charge is 0.258 e. The van der Waals surface area contributed by atoms with Crippen LogP contribution in [0.4, 0.5) is 10.1 Å². The molecular weight excluding hydrogens is 273 g/mol. The quantitative estimate of drug-likeness (QED) is 0.835. The van der Waals surface area contributed by atoms with Crippen LogP contribution in [-0.4, -0.2) is 17.6 Å². The lowest BCUT2D eigenvalue weighted by molar-refractivity contribution is -0.128. The number of amides is 1. The molecule has 21 heavy (non-hydrogen) atoms. The number of hydrogen-bond donors (Lipinski definition) is 2. The number of aromatic hydroxyl groups is 1. The summed E-state index contributed by atoms with van der Waals surface area (Å²) in [5.74, 6) is -1.30. The Bertz CT molecular complexity index is 687. The molecule has 4 nitrogen and oxygen atoms in total. The molecule has 0 fully saturated rings. The third-order valence-electron chi connectivity index (χ3n) is 3.44. The third-order valence-corrected chi connectivity index (χ3v) is 3.44. The van der Waals surface area contributed by atoms with E-state index < -0.39 is 17.8 Å². The fourth-order valence-corrected chi connectivity index (χ4v) is 2.41. The first-order valence-corrected chi connectivity index (χ1v) is 6.64. The molecule has 5 heteroatoms. The summed E-state index contributed by atoms with van der Waals surface area (Å²) in [5.41, 5.74) is 1.89. The molecule has 1 aliphatic rings. The van der Waals surface area contributed by atoms with Crippen molar-refractivity contribution in [2.75, 3.05) is 11.9 Å². The Balaban J connectivity index is 1.83. The first-order chi connectivity index (χ1) is 10.1. The van der Waals surface area contributed by atoms with Crippen molar-refractivity contribution in [3.63, 3.8) is 0 Å². The zero-order valence-electron chi connectivity index (χ0n) is 11.2. The standard InChI is InChI=1S/C16H14FNO3/c17-13-9-11(19)5-6-14(13)18-16(20)15-12-4-2-1-3-10(12)7-8-21-15/h1-6,9,15,19H,7-8H2,(H,18,20)/t15-/m0/s1. The molecule has 0 bridgehead atoms. The second kappa shape index (κ2) is 5.54. The van der Waals surface area contributed by atoms with E-state index in [1.165, 1.54) is 12.1 Å². The fourth-order valence-electron chi connectivity index (χ4n) is 2.41. The summed E-state index contributed by atoms with van der Waals surface area (Å²) >= 11 is 0. The second-order valence-electron chi connectivity index (χ2n) is 4.85. The van der Waals surface area contributed by atoms with E-state index in [-0.39, 0.29) is 11.4 Å². The van der Waals surface area contributed by atoms with Gasteiger partial charge in [-0.2, -0.15) is 0 Å². The molecule has 1 aliphatic heterocycles. The van der Waals surface area contributed by atoms with E-state index in [1.807, 2.05) is 24.3 Å². The van der Waals surface area contributed by atoms with Gasteiger partial charge in [0.2, 0.25) is 0 Å². The van der Waals surface area contributed by atoms with Crippen molar-refractivity contribution in [3.8, 4) is 5.75 Å². The highest BCUT2D eigenvalue weighted by Gasteiger charge is 2.27. The monoisotopic (exact) mass is 287 g/mol. The molecule has 0 aliphatic carbocycles. The molecule has 0 radical (unpaired) electrons. The SMILES string of the molecule is O=C(Nc1ccc(O)cc1F)[C@H]1OCCc2ccccc21. The number of phenolic OH excluding ortho intramolecular Hbond substituents is 1. The molecule has 0 aromatic heterocycles. The van der Waals surface area contributed by atoms with Gasteiger partial charge in [-0.05, 0) is 29.7 Å². The number of phenols is 1. The maximum atomic E-state index is 13.7. The maximum absolute atomic E-state index is 13.7. The van der Waals surface area contributed by atoms with E-state index in [2.05, 4.69) is 5.32 Å². The Hall–Kier alpha value is -2.40. The van der Waals surface area contributed by atoms with Crippen molar-refractivity contribution in [1.29, 1.82) is 0 Å². The Kier molecular flexibility index (Phi) is 3.58. The summed E-state index contributed by atoms with van der Waals surface area (Å²) in [6, 6.07) is 11.1. The highest BCUT2D eigenvalue weighted by molar-refractivity contribution is 5.95. The van der Waals surface area contributed by atoms with Gasteiger partial charge in [0.05, 0.1) is 12.3 Å². The molecule has 2 aromatic carbocycles. The summed E-state index contributed by atoms with van der Waals surface area (Å²) in [5, 5.41) is 11.7. The predicted octanol–water partition coefficient (Wildman–Crippen LogP) is 2.78. The largest absolute Gasteiger partial charge is 0.508 e. The van der Waals surface area contributed by atoms with E-state index >= 15 is 0 Å². The van der Waals surface area contributed by atoms with Crippen LogP contribution in [-0.2, 0) is 16.0 Å². The number of rotatable bonds is 2. The van der Waals surface area contributed by atoms with E-state index in [9.17, 15) is 14.3 Å². The minimum Gasteiger partial charge on any atom is -0.508 e. The van der Waals surface area contributed by atoms with Crippen molar-refractivity contribution < 1.29 is 19.0 Å². The van der Waals surface area contributed by atoms with E-state index in [1.54, 1.807) is 0 Å². The van der Waals surface area contributed by atoms with E-state index in [0.717, 1.165) is 23.6 Å². The predicted molar refractivity (Wildman–Crippen MR) is 75.5 cm³/mol. The van der Waals surface area contributed by atoms with Gasteiger partial charge in [0.15, 0.2) is 6.10 Å². The molecule has 2 N–H and O–H groups in total. The van der Waals surface area contributed by atoms with Gasteiger partial charge in [0.1, 0.15) is 11.6 Å². The molecule has 1 atom stereocenters. The lowest BCUT2D eigenvalue weighted by Crippen LogP contribution is -2.28. The molecule has 0 saturated carbocycles. The molecule has 2 aromatic rings. The van der Waals surface area contributed by atoms with E-state index in [4.69, 9.17) is 4.74 Å².